The molecule has 2 aromatic rings. The number of halogens is 1. The number of hydrogen-bond acceptors (Lipinski definition) is 3. The third kappa shape index (κ3) is 2.23. The molecule has 0 radical (unpaired) electrons. The van der Waals surface area contributed by atoms with Crippen molar-refractivity contribution in [3.8, 4) is 0 Å². The molecule has 0 amide bonds. The number of nitrogens with two attached hydrogens (primary N) is 1. The molecule has 82 valence electrons. The number of aliphatic hydroxyl groups excluding tert-OH is 1. The molecule has 3 nitrogen and oxygen atoms in total. The summed E-state index contributed by atoms with van der Waals surface area (Å²) in [4.78, 5) is 3.91. The second-order valence-electron chi connectivity index (χ2n) is 3.46. The Morgan fingerprint density at radius 1 is 1.19 bits per heavy atom. The number of rotatable bonds is 2. The zero-order valence-electron chi connectivity index (χ0n) is 8.47. The van der Waals surface area contributed by atoms with E-state index < -0.39 is 6.10 Å². The van der Waals surface area contributed by atoms with Crippen molar-refractivity contribution >= 4 is 21.6 Å². The second kappa shape index (κ2) is 4.63. The highest BCUT2D eigenvalue weighted by Crippen LogP contribution is 2.28. The highest BCUT2D eigenvalue weighted by Gasteiger charge is 2.13. The third-order valence-electron chi connectivity index (χ3n) is 2.37. The third-order valence-corrected chi connectivity index (χ3v) is 2.86. The SMILES string of the molecule is Nc1ccc(Br)cc1C(O)c1ccncc1. The minimum Gasteiger partial charge on any atom is -0.398 e. The Hall–Kier alpha value is -1.39. The largest absolute Gasteiger partial charge is 0.398 e. The average molecular weight is 279 g/mol. The molecule has 0 bridgehead atoms. The van der Waals surface area contributed by atoms with Crippen molar-refractivity contribution < 1.29 is 5.11 Å². The zero-order valence-corrected chi connectivity index (χ0v) is 10.1. The fourth-order valence-electron chi connectivity index (χ4n) is 1.51. The molecule has 0 spiro atoms. The zero-order chi connectivity index (χ0) is 11.5. The van der Waals surface area contributed by atoms with E-state index in [-0.39, 0.29) is 0 Å². The van der Waals surface area contributed by atoms with E-state index in [0.717, 1.165) is 10.0 Å². The lowest BCUT2D eigenvalue weighted by atomic mass is 10.0. The van der Waals surface area contributed by atoms with Gasteiger partial charge in [-0.15, -0.1) is 0 Å². The van der Waals surface area contributed by atoms with Crippen LogP contribution in [0.4, 0.5) is 5.69 Å². The lowest BCUT2D eigenvalue weighted by molar-refractivity contribution is 0.221. The minimum absolute atomic E-state index is 0.576. The number of anilines is 1. The summed E-state index contributed by atoms with van der Waals surface area (Å²) in [6, 6.07) is 8.97. The predicted octanol–water partition coefficient (Wildman–Crippen LogP) is 2.51. The maximum atomic E-state index is 10.2. The van der Waals surface area contributed by atoms with Gasteiger partial charge in [0.1, 0.15) is 6.10 Å². The normalized spacial score (nSPS) is 12.4. The van der Waals surface area contributed by atoms with Gasteiger partial charge < -0.3 is 10.8 Å². The summed E-state index contributed by atoms with van der Waals surface area (Å²) in [5.41, 5.74) is 7.88. The van der Waals surface area contributed by atoms with Gasteiger partial charge in [-0.3, -0.25) is 4.98 Å². The van der Waals surface area contributed by atoms with Crippen LogP contribution in [-0.4, -0.2) is 10.1 Å². The molecule has 1 heterocycles. The summed E-state index contributed by atoms with van der Waals surface area (Å²) in [7, 11) is 0. The van der Waals surface area contributed by atoms with Crippen LogP contribution in [0.3, 0.4) is 0 Å². The summed E-state index contributed by atoms with van der Waals surface area (Å²) in [6.45, 7) is 0. The first-order chi connectivity index (χ1) is 7.68. The van der Waals surface area contributed by atoms with Crippen LogP contribution in [0.5, 0.6) is 0 Å². The van der Waals surface area contributed by atoms with Crippen molar-refractivity contribution in [2.75, 3.05) is 5.73 Å². The Morgan fingerprint density at radius 3 is 2.56 bits per heavy atom. The van der Waals surface area contributed by atoms with Crippen molar-refractivity contribution in [1.82, 2.24) is 4.98 Å². The molecule has 16 heavy (non-hydrogen) atoms. The first-order valence-corrected chi connectivity index (χ1v) is 5.60. The predicted molar refractivity (Wildman–Crippen MR) is 66.9 cm³/mol. The first kappa shape index (κ1) is 11.1. The number of aliphatic hydroxyl groups is 1. The molecule has 0 aliphatic carbocycles. The summed E-state index contributed by atoms with van der Waals surface area (Å²) in [5, 5.41) is 10.2. The van der Waals surface area contributed by atoms with Crippen LogP contribution >= 0.6 is 15.9 Å². The minimum atomic E-state index is -0.722. The van der Waals surface area contributed by atoms with Gasteiger partial charge in [-0.1, -0.05) is 15.9 Å². The van der Waals surface area contributed by atoms with Crippen LogP contribution < -0.4 is 5.73 Å². The highest BCUT2D eigenvalue weighted by atomic mass is 79.9. The fourth-order valence-corrected chi connectivity index (χ4v) is 1.89. The maximum absolute atomic E-state index is 10.2. The van der Waals surface area contributed by atoms with E-state index in [0.29, 0.717) is 11.3 Å². The van der Waals surface area contributed by atoms with Crippen molar-refractivity contribution in [1.29, 1.82) is 0 Å². The Labute approximate surface area is 102 Å². The van der Waals surface area contributed by atoms with Gasteiger partial charge in [0.05, 0.1) is 0 Å². The van der Waals surface area contributed by atoms with Gasteiger partial charge in [-0.2, -0.15) is 0 Å². The van der Waals surface area contributed by atoms with Crippen LogP contribution in [0.1, 0.15) is 17.2 Å². The van der Waals surface area contributed by atoms with Gasteiger partial charge in [0.2, 0.25) is 0 Å². The molecular weight excluding hydrogens is 268 g/mol. The molecule has 1 aromatic carbocycles. The number of nitrogens with zero attached hydrogens (tertiary/aromatic N) is 1. The van der Waals surface area contributed by atoms with Gasteiger partial charge >= 0.3 is 0 Å². The van der Waals surface area contributed by atoms with Crippen LogP contribution in [0.2, 0.25) is 0 Å². The molecule has 4 heteroatoms. The molecule has 0 fully saturated rings. The summed E-state index contributed by atoms with van der Waals surface area (Å²) in [5.74, 6) is 0. The standard InChI is InChI=1S/C12H11BrN2O/c13-9-1-2-11(14)10(7-9)12(16)8-3-5-15-6-4-8/h1-7,12,16H,14H2. The Kier molecular flexibility index (Phi) is 3.22. The van der Waals surface area contributed by atoms with Gasteiger partial charge in [0, 0.05) is 28.1 Å². The maximum Gasteiger partial charge on any atom is 0.106 e. The average Bonchev–Trinajstić information content (AvgIpc) is 2.32. The first-order valence-electron chi connectivity index (χ1n) is 4.81. The quantitative estimate of drug-likeness (QED) is 0.830. The fraction of sp³-hybridized carbons (Fsp3) is 0.0833. The highest BCUT2D eigenvalue weighted by molar-refractivity contribution is 9.10. The Balaban J connectivity index is 2.41. The van der Waals surface area contributed by atoms with Crippen molar-refractivity contribution in [2.24, 2.45) is 0 Å². The Bertz CT molecular complexity index is 488. The van der Waals surface area contributed by atoms with Gasteiger partial charge in [0.25, 0.3) is 0 Å². The summed E-state index contributed by atoms with van der Waals surface area (Å²) >= 11 is 3.36. The van der Waals surface area contributed by atoms with E-state index in [4.69, 9.17) is 5.73 Å². The number of pyridine rings is 1. The number of aromatic nitrogens is 1. The molecule has 1 atom stereocenters. The molecule has 3 N–H and O–H groups in total. The van der Waals surface area contributed by atoms with E-state index in [9.17, 15) is 5.11 Å². The molecule has 0 aliphatic rings. The molecule has 1 unspecified atom stereocenters. The summed E-state index contributed by atoms with van der Waals surface area (Å²) < 4.78 is 0.893. The molecule has 0 saturated heterocycles. The van der Waals surface area contributed by atoms with Crippen LogP contribution in [0, 0.1) is 0 Å². The lowest BCUT2D eigenvalue weighted by Gasteiger charge is -2.13. The molecule has 0 saturated carbocycles. The number of hydrogen-bond donors (Lipinski definition) is 2. The molecular formula is C12H11BrN2O. The second-order valence-corrected chi connectivity index (χ2v) is 4.37. The Morgan fingerprint density at radius 2 is 1.88 bits per heavy atom. The smallest absolute Gasteiger partial charge is 0.106 e. The monoisotopic (exact) mass is 278 g/mol. The van der Waals surface area contributed by atoms with Crippen LogP contribution in [0.15, 0.2) is 47.2 Å². The van der Waals surface area contributed by atoms with Crippen molar-refractivity contribution in [3.05, 3.63) is 58.3 Å². The lowest BCUT2D eigenvalue weighted by Crippen LogP contribution is -2.03. The van der Waals surface area contributed by atoms with Crippen molar-refractivity contribution in [3.63, 3.8) is 0 Å². The van der Waals surface area contributed by atoms with Crippen LogP contribution in [-0.2, 0) is 0 Å². The van der Waals surface area contributed by atoms with Gasteiger partial charge in [-0.05, 0) is 35.9 Å². The number of benzene rings is 1. The van der Waals surface area contributed by atoms with Crippen LogP contribution in [0.25, 0.3) is 0 Å². The number of nitrogen functional groups attached to an aromatic ring is 1. The van der Waals surface area contributed by atoms with E-state index in [1.807, 2.05) is 12.1 Å². The molecule has 2 rings (SSSR count). The molecule has 0 aliphatic heterocycles. The van der Waals surface area contributed by atoms with Gasteiger partial charge in [-0.25, -0.2) is 0 Å². The molecule has 1 aromatic heterocycles. The van der Waals surface area contributed by atoms with Crippen molar-refractivity contribution in [2.45, 2.75) is 6.10 Å². The topological polar surface area (TPSA) is 59.1 Å². The van der Waals surface area contributed by atoms with E-state index >= 15 is 0 Å². The van der Waals surface area contributed by atoms with Gasteiger partial charge in [0.15, 0.2) is 0 Å². The van der Waals surface area contributed by atoms with E-state index in [1.165, 1.54) is 0 Å². The summed E-state index contributed by atoms with van der Waals surface area (Å²) in [6.07, 6.45) is 2.57. The van der Waals surface area contributed by atoms with E-state index in [2.05, 4.69) is 20.9 Å². The van der Waals surface area contributed by atoms with E-state index in [1.54, 1.807) is 30.6 Å².